The number of sulfone groups is 1. The first-order chi connectivity index (χ1) is 18.6. The number of hydrogen-bond acceptors (Lipinski definition) is 7. The predicted molar refractivity (Wildman–Crippen MR) is 141 cm³/mol. The number of esters is 1. The Morgan fingerprint density at radius 1 is 1.12 bits per heavy atom. The van der Waals surface area contributed by atoms with E-state index in [9.17, 15) is 36.3 Å². The van der Waals surface area contributed by atoms with E-state index in [2.05, 4.69) is 5.32 Å². The van der Waals surface area contributed by atoms with Crippen LogP contribution in [0.1, 0.15) is 49.9 Å². The first kappa shape index (κ1) is 30.3. The Bertz CT molecular complexity index is 1400. The van der Waals surface area contributed by atoms with Gasteiger partial charge in [-0.25, -0.2) is 21.6 Å². The van der Waals surface area contributed by atoms with E-state index < -0.39 is 67.9 Å². The zero-order chi connectivity index (χ0) is 29.6. The second-order valence-electron chi connectivity index (χ2n) is 11.0. The van der Waals surface area contributed by atoms with Crippen molar-refractivity contribution in [3.63, 3.8) is 0 Å². The number of rotatable bonds is 8. The van der Waals surface area contributed by atoms with Gasteiger partial charge in [0.2, 0.25) is 0 Å². The summed E-state index contributed by atoms with van der Waals surface area (Å²) < 4.78 is 73.3. The molecule has 2 aliphatic rings. The SMILES string of the molecule is CC(C)[C@H](N)C(=O)OCC1(O)CC2CC[C@@H](C1)C2S(=O)(=O)c1cc(C(=O)Nc2cc(F)c(F)c(F)c2)ccc1Cl. The quantitative estimate of drug-likeness (QED) is 0.304. The summed E-state index contributed by atoms with van der Waals surface area (Å²) in [5, 5.41) is 12.4. The Morgan fingerprint density at radius 2 is 1.70 bits per heavy atom. The molecule has 0 saturated heterocycles. The lowest BCUT2D eigenvalue weighted by Gasteiger charge is -2.40. The summed E-state index contributed by atoms with van der Waals surface area (Å²) in [4.78, 5) is 24.7. The topological polar surface area (TPSA) is 136 Å². The van der Waals surface area contributed by atoms with E-state index in [1.54, 1.807) is 13.8 Å². The number of carbonyl (C=O) groups is 2. The minimum absolute atomic E-state index is 0.0804. The fourth-order valence-electron chi connectivity index (χ4n) is 5.68. The van der Waals surface area contributed by atoms with Crippen LogP contribution in [0.4, 0.5) is 18.9 Å². The molecule has 0 aliphatic heterocycles. The molecule has 8 nitrogen and oxygen atoms in total. The smallest absolute Gasteiger partial charge is 0.323 e. The van der Waals surface area contributed by atoms with Crippen molar-refractivity contribution in [2.45, 2.75) is 61.3 Å². The number of carbonyl (C=O) groups excluding carboxylic acids is 2. The van der Waals surface area contributed by atoms with Crippen molar-refractivity contribution in [1.82, 2.24) is 0 Å². The summed E-state index contributed by atoms with van der Waals surface area (Å²) in [5.74, 6) is -7.28. The number of aliphatic hydroxyl groups is 1. The molecule has 0 spiro atoms. The highest BCUT2D eigenvalue weighted by Crippen LogP contribution is 2.51. The molecule has 2 aromatic rings. The molecule has 0 aromatic heterocycles. The van der Waals surface area contributed by atoms with Gasteiger partial charge >= 0.3 is 5.97 Å². The summed E-state index contributed by atoms with van der Waals surface area (Å²) in [6.45, 7) is 3.24. The second-order valence-corrected chi connectivity index (χ2v) is 13.5. The Labute approximate surface area is 234 Å². The molecule has 0 radical (unpaired) electrons. The lowest BCUT2D eigenvalue weighted by Crippen LogP contribution is -2.49. The van der Waals surface area contributed by atoms with Gasteiger partial charge in [-0.05, 0) is 61.6 Å². The van der Waals surface area contributed by atoms with Crippen molar-refractivity contribution in [1.29, 1.82) is 0 Å². The van der Waals surface area contributed by atoms with E-state index in [0.717, 1.165) is 6.07 Å². The number of nitrogens with one attached hydrogen (secondary N) is 1. The number of anilines is 1. The average molecular weight is 603 g/mol. The van der Waals surface area contributed by atoms with Crippen molar-refractivity contribution in [2.75, 3.05) is 11.9 Å². The molecule has 2 aliphatic carbocycles. The summed E-state index contributed by atoms with van der Waals surface area (Å²) >= 11 is 6.26. The average Bonchev–Trinajstić information content (AvgIpc) is 3.18. The number of hydrogen-bond donors (Lipinski definition) is 3. The number of fused-ring (bicyclic) bond motifs is 2. The van der Waals surface area contributed by atoms with Gasteiger partial charge in [0.1, 0.15) is 12.6 Å². The highest BCUT2D eigenvalue weighted by atomic mass is 35.5. The van der Waals surface area contributed by atoms with Gasteiger partial charge in [0.05, 0.1) is 20.8 Å². The predicted octanol–water partition coefficient (Wildman–Crippen LogP) is 4.23. The number of ether oxygens (including phenoxy) is 1. The molecule has 2 fully saturated rings. The molecule has 3 unspecified atom stereocenters. The maximum Gasteiger partial charge on any atom is 0.323 e. The molecule has 2 bridgehead atoms. The van der Waals surface area contributed by atoms with Gasteiger partial charge < -0.3 is 20.9 Å². The molecule has 2 saturated carbocycles. The van der Waals surface area contributed by atoms with Crippen LogP contribution in [0, 0.1) is 35.2 Å². The van der Waals surface area contributed by atoms with E-state index in [1.165, 1.54) is 12.1 Å². The zero-order valence-corrected chi connectivity index (χ0v) is 23.4. The zero-order valence-electron chi connectivity index (χ0n) is 21.8. The largest absolute Gasteiger partial charge is 0.461 e. The molecule has 0 heterocycles. The molecule has 40 heavy (non-hydrogen) atoms. The summed E-state index contributed by atoms with van der Waals surface area (Å²) in [6, 6.07) is 3.91. The number of amides is 1. The van der Waals surface area contributed by atoms with E-state index in [1.807, 2.05) is 0 Å². The van der Waals surface area contributed by atoms with Gasteiger partial charge in [0, 0.05) is 23.4 Å². The van der Waals surface area contributed by atoms with Crippen LogP contribution in [0.3, 0.4) is 0 Å². The highest BCUT2D eigenvalue weighted by molar-refractivity contribution is 7.92. The van der Waals surface area contributed by atoms with Crippen LogP contribution >= 0.6 is 11.6 Å². The second kappa shape index (κ2) is 11.3. The third kappa shape index (κ3) is 6.00. The van der Waals surface area contributed by atoms with Crippen molar-refractivity contribution in [2.24, 2.45) is 23.5 Å². The van der Waals surface area contributed by atoms with Crippen LogP contribution < -0.4 is 11.1 Å². The van der Waals surface area contributed by atoms with Crippen LogP contribution in [0.2, 0.25) is 5.02 Å². The number of halogens is 4. The molecular formula is C27H30ClF3N2O6S. The Hall–Kier alpha value is -2.67. The maximum atomic E-state index is 13.8. The third-order valence-electron chi connectivity index (χ3n) is 7.70. The first-order valence-corrected chi connectivity index (χ1v) is 14.7. The van der Waals surface area contributed by atoms with Gasteiger partial charge in [-0.3, -0.25) is 9.59 Å². The minimum atomic E-state index is -4.10. The van der Waals surface area contributed by atoms with Crippen molar-refractivity contribution in [3.8, 4) is 0 Å². The molecule has 4 N–H and O–H groups in total. The van der Waals surface area contributed by atoms with Crippen molar-refractivity contribution in [3.05, 3.63) is 58.4 Å². The van der Waals surface area contributed by atoms with Gasteiger partial charge in [0.15, 0.2) is 27.3 Å². The number of benzene rings is 2. The molecule has 2 aromatic carbocycles. The van der Waals surface area contributed by atoms with Crippen LogP contribution in [0.15, 0.2) is 35.2 Å². The third-order valence-corrected chi connectivity index (χ3v) is 10.6. The van der Waals surface area contributed by atoms with Crippen LogP contribution in [-0.2, 0) is 19.4 Å². The molecule has 1 amide bonds. The lowest BCUT2D eigenvalue weighted by molar-refractivity contribution is -0.157. The summed E-state index contributed by atoms with van der Waals surface area (Å²) in [5.41, 5.74) is 3.89. The van der Waals surface area contributed by atoms with Gasteiger partial charge in [-0.15, -0.1) is 0 Å². The lowest BCUT2D eigenvalue weighted by atomic mass is 9.77. The standard InChI is InChI=1S/C27H30ClF3N2O6S/c1-13(2)23(32)26(35)39-12-27(36)10-15-3-4-16(11-27)24(15)40(37,38)21-7-14(5-6-18(21)28)25(34)33-17-8-19(29)22(31)20(30)9-17/h5-9,13,15-16,23-24,36H,3-4,10-12,32H2,1-2H3,(H,33,34)/t15-,16?,23-,24?,27?/m0/s1. The molecule has 218 valence electrons. The molecular weight excluding hydrogens is 573 g/mol. The summed E-state index contributed by atoms with van der Waals surface area (Å²) in [7, 11) is -4.10. The van der Waals surface area contributed by atoms with E-state index >= 15 is 0 Å². The van der Waals surface area contributed by atoms with Crippen molar-refractivity contribution >= 4 is 39.0 Å². The Balaban J connectivity index is 1.53. The van der Waals surface area contributed by atoms with E-state index in [0.29, 0.717) is 25.0 Å². The van der Waals surface area contributed by atoms with E-state index in [-0.39, 0.29) is 46.5 Å². The monoisotopic (exact) mass is 602 g/mol. The highest BCUT2D eigenvalue weighted by Gasteiger charge is 2.54. The van der Waals surface area contributed by atoms with Crippen molar-refractivity contribution < 1.29 is 41.0 Å². The van der Waals surface area contributed by atoms with Gasteiger partial charge in [0.25, 0.3) is 5.91 Å². The molecule has 5 atom stereocenters. The minimum Gasteiger partial charge on any atom is -0.461 e. The Morgan fingerprint density at radius 3 is 2.25 bits per heavy atom. The van der Waals surface area contributed by atoms with Crippen LogP contribution in [0.25, 0.3) is 0 Å². The molecule has 4 rings (SSSR count). The summed E-state index contributed by atoms with van der Waals surface area (Å²) in [6.07, 6.45) is 1.21. The fourth-order valence-corrected chi connectivity index (χ4v) is 8.52. The van der Waals surface area contributed by atoms with Gasteiger partial charge in [-0.2, -0.15) is 0 Å². The Kier molecular flexibility index (Phi) is 8.56. The molecule has 13 heteroatoms. The van der Waals surface area contributed by atoms with Gasteiger partial charge in [-0.1, -0.05) is 25.4 Å². The fraction of sp³-hybridized carbons (Fsp3) is 0.481. The van der Waals surface area contributed by atoms with Crippen LogP contribution in [-0.4, -0.2) is 48.9 Å². The van der Waals surface area contributed by atoms with E-state index in [4.69, 9.17) is 22.1 Å². The number of nitrogens with two attached hydrogens (primary N) is 1. The van der Waals surface area contributed by atoms with Crippen LogP contribution in [0.5, 0.6) is 0 Å². The normalized spacial score (nSPS) is 25.1. The maximum absolute atomic E-state index is 13.8. The first-order valence-electron chi connectivity index (χ1n) is 12.8.